The number of pyridine rings is 1. The van der Waals surface area contributed by atoms with Crippen LogP contribution in [0, 0.1) is 0 Å². The Morgan fingerprint density at radius 3 is 2.60 bits per heavy atom. The summed E-state index contributed by atoms with van der Waals surface area (Å²) in [6, 6.07) is 1.82. The smallest absolute Gasteiger partial charge is 0.159 e. The lowest BCUT2D eigenvalue weighted by Gasteiger charge is -2.15. The van der Waals surface area contributed by atoms with Crippen molar-refractivity contribution in [3.63, 3.8) is 0 Å². The summed E-state index contributed by atoms with van der Waals surface area (Å²) in [5.41, 5.74) is 8.56. The van der Waals surface area contributed by atoms with Crippen molar-refractivity contribution in [1.29, 1.82) is 0 Å². The van der Waals surface area contributed by atoms with E-state index >= 15 is 0 Å². The highest BCUT2D eigenvalue weighted by Crippen LogP contribution is 2.31. The molecule has 0 saturated carbocycles. The van der Waals surface area contributed by atoms with Crippen molar-refractivity contribution in [3.05, 3.63) is 18.0 Å². The SMILES string of the molecule is Cn1nc(C(C)(C)C)c2c(N)ccnc21. The summed E-state index contributed by atoms with van der Waals surface area (Å²) >= 11 is 0. The van der Waals surface area contributed by atoms with E-state index in [0.29, 0.717) is 0 Å². The van der Waals surface area contributed by atoms with Crippen molar-refractivity contribution in [2.24, 2.45) is 7.05 Å². The van der Waals surface area contributed by atoms with Crippen molar-refractivity contribution in [1.82, 2.24) is 14.8 Å². The van der Waals surface area contributed by atoms with Crippen LogP contribution >= 0.6 is 0 Å². The van der Waals surface area contributed by atoms with Crippen LogP contribution < -0.4 is 5.73 Å². The maximum atomic E-state index is 5.97. The Morgan fingerprint density at radius 1 is 1.33 bits per heavy atom. The molecule has 0 fully saturated rings. The van der Waals surface area contributed by atoms with Crippen LogP contribution in [-0.2, 0) is 12.5 Å². The lowest BCUT2D eigenvalue weighted by Crippen LogP contribution is -2.13. The van der Waals surface area contributed by atoms with Crippen molar-refractivity contribution < 1.29 is 0 Å². The van der Waals surface area contributed by atoms with E-state index in [1.807, 2.05) is 13.1 Å². The van der Waals surface area contributed by atoms with Crippen LogP contribution in [0.3, 0.4) is 0 Å². The first-order valence-corrected chi connectivity index (χ1v) is 4.99. The van der Waals surface area contributed by atoms with Gasteiger partial charge < -0.3 is 5.73 Å². The zero-order chi connectivity index (χ0) is 11.2. The minimum absolute atomic E-state index is 0.0172. The second kappa shape index (κ2) is 2.95. The number of nitrogen functional groups attached to an aromatic ring is 1. The molecule has 2 heterocycles. The predicted octanol–water partition coefficient (Wildman–Crippen LogP) is 1.85. The first-order chi connectivity index (χ1) is 6.91. The van der Waals surface area contributed by atoms with Gasteiger partial charge in [-0.1, -0.05) is 20.8 Å². The van der Waals surface area contributed by atoms with Crippen LogP contribution in [0.4, 0.5) is 5.69 Å². The number of anilines is 1. The predicted molar refractivity (Wildman–Crippen MR) is 61.6 cm³/mol. The molecule has 2 rings (SSSR count). The average molecular weight is 204 g/mol. The summed E-state index contributed by atoms with van der Waals surface area (Å²) in [6.07, 6.45) is 1.71. The second-order valence-corrected chi connectivity index (χ2v) is 4.82. The Bertz CT molecular complexity index is 505. The molecule has 0 aromatic carbocycles. The Hall–Kier alpha value is -1.58. The van der Waals surface area contributed by atoms with Gasteiger partial charge in [0.1, 0.15) is 0 Å². The van der Waals surface area contributed by atoms with Gasteiger partial charge in [0.25, 0.3) is 0 Å². The Kier molecular flexibility index (Phi) is 1.96. The van der Waals surface area contributed by atoms with Crippen LogP contribution in [-0.4, -0.2) is 14.8 Å². The molecule has 2 aromatic rings. The number of aryl methyl sites for hydroxylation is 1. The average Bonchev–Trinajstić information content (AvgIpc) is 2.45. The molecule has 0 saturated heterocycles. The van der Waals surface area contributed by atoms with Crippen LogP contribution in [0.5, 0.6) is 0 Å². The lowest BCUT2D eigenvalue weighted by atomic mass is 9.90. The quantitative estimate of drug-likeness (QED) is 0.712. The molecule has 0 bridgehead atoms. The number of nitrogens with zero attached hydrogens (tertiary/aromatic N) is 3. The van der Waals surface area contributed by atoms with Crippen molar-refractivity contribution >= 4 is 16.7 Å². The lowest BCUT2D eigenvalue weighted by molar-refractivity contribution is 0.558. The topological polar surface area (TPSA) is 56.7 Å². The summed E-state index contributed by atoms with van der Waals surface area (Å²) < 4.78 is 1.78. The molecular formula is C11H16N4. The van der Waals surface area contributed by atoms with Gasteiger partial charge in [0.2, 0.25) is 0 Å². The van der Waals surface area contributed by atoms with Gasteiger partial charge in [-0.05, 0) is 6.07 Å². The molecule has 2 N–H and O–H groups in total. The van der Waals surface area contributed by atoms with E-state index in [4.69, 9.17) is 5.73 Å². The summed E-state index contributed by atoms with van der Waals surface area (Å²) in [4.78, 5) is 4.30. The standard InChI is InChI=1S/C11H16N4/c1-11(2,3)9-8-7(12)5-6-13-10(8)15(4)14-9/h5-6H,1-4H3,(H2,12,13). The van der Waals surface area contributed by atoms with Gasteiger partial charge in [-0.15, -0.1) is 0 Å². The van der Waals surface area contributed by atoms with Crippen LogP contribution in [0.25, 0.3) is 11.0 Å². The largest absolute Gasteiger partial charge is 0.398 e. The maximum absolute atomic E-state index is 5.97. The number of hydrogen-bond acceptors (Lipinski definition) is 3. The highest BCUT2D eigenvalue weighted by Gasteiger charge is 2.23. The van der Waals surface area contributed by atoms with Crippen LogP contribution in [0.15, 0.2) is 12.3 Å². The van der Waals surface area contributed by atoms with Gasteiger partial charge in [0.15, 0.2) is 5.65 Å². The molecule has 0 amide bonds. The highest BCUT2D eigenvalue weighted by atomic mass is 15.3. The molecule has 0 aliphatic rings. The molecule has 0 spiro atoms. The molecule has 15 heavy (non-hydrogen) atoms. The van der Waals surface area contributed by atoms with Crippen LogP contribution in [0.1, 0.15) is 26.5 Å². The fourth-order valence-corrected chi connectivity index (χ4v) is 1.73. The summed E-state index contributed by atoms with van der Waals surface area (Å²) in [5.74, 6) is 0. The molecule has 0 aliphatic heterocycles. The number of hydrogen-bond donors (Lipinski definition) is 1. The van der Waals surface area contributed by atoms with E-state index in [-0.39, 0.29) is 5.41 Å². The molecule has 0 atom stereocenters. The van der Waals surface area contributed by atoms with Crippen LogP contribution in [0.2, 0.25) is 0 Å². The van der Waals surface area contributed by atoms with E-state index in [0.717, 1.165) is 22.4 Å². The second-order valence-electron chi connectivity index (χ2n) is 4.82. The number of rotatable bonds is 0. The zero-order valence-corrected chi connectivity index (χ0v) is 9.57. The van der Waals surface area contributed by atoms with Gasteiger partial charge in [-0.2, -0.15) is 5.10 Å². The van der Waals surface area contributed by atoms with Gasteiger partial charge in [0.05, 0.1) is 11.1 Å². The minimum atomic E-state index is -0.0172. The fraction of sp³-hybridized carbons (Fsp3) is 0.455. The third-order valence-electron chi connectivity index (χ3n) is 2.47. The number of fused-ring (bicyclic) bond motifs is 1. The first-order valence-electron chi connectivity index (χ1n) is 4.99. The van der Waals surface area contributed by atoms with E-state index in [1.165, 1.54) is 0 Å². The molecular weight excluding hydrogens is 188 g/mol. The zero-order valence-electron chi connectivity index (χ0n) is 9.57. The monoisotopic (exact) mass is 204 g/mol. The number of nitrogens with two attached hydrogens (primary N) is 1. The molecule has 2 aromatic heterocycles. The summed E-state index contributed by atoms with van der Waals surface area (Å²) in [6.45, 7) is 6.38. The summed E-state index contributed by atoms with van der Waals surface area (Å²) in [7, 11) is 1.89. The highest BCUT2D eigenvalue weighted by molar-refractivity contribution is 5.90. The fourth-order valence-electron chi connectivity index (χ4n) is 1.73. The van der Waals surface area contributed by atoms with Gasteiger partial charge in [-0.25, -0.2) is 4.98 Å². The minimum Gasteiger partial charge on any atom is -0.398 e. The van der Waals surface area contributed by atoms with Crippen molar-refractivity contribution in [2.45, 2.75) is 26.2 Å². The van der Waals surface area contributed by atoms with Gasteiger partial charge in [0, 0.05) is 24.3 Å². The third kappa shape index (κ3) is 1.46. The van der Waals surface area contributed by atoms with E-state index < -0.39 is 0 Å². The van der Waals surface area contributed by atoms with E-state index in [9.17, 15) is 0 Å². The van der Waals surface area contributed by atoms with Gasteiger partial charge >= 0.3 is 0 Å². The van der Waals surface area contributed by atoms with Crippen molar-refractivity contribution in [3.8, 4) is 0 Å². The Labute approximate surface area is 89.1 Å². The van der Waals surface area contributed by atoms with E-state index in [2.05, 4.69) is 30.9 Å². The summed E-state index contributed by atoms with van der Waals surface area (Å²) in [5, 5.41) is 5.48. The first kappa shape index (κ1) is 9.96. The van der Waals surface area contributed by atoms with E-state index in [1.54, 1.807) is 10.9 Å². The Balaban J connectivity index is 2.88. The molecule has 80 valence electrons. The molecule has 4 heteroatoms. The molecule has 0 radical (unpaired) electrons. The maximum Gasteiger partial charge on any atom is 0.159 e. The Morgan fingerprint density at radius 2 is 2.00 bits per heavy atom. The van der Waals surface area contributed by atoms with Crippen molar-refractivity contribution in [2.75, 3.05) is 5.73 Å². The third-order valence-corrected chi connectivity index (χ3v) is 2.47. The van der Waals surface area contributed by atoms with Gasteiger partial charge in [-0.3, -0.25) is 4.68 Å². The molecule has 0 unspecified atom stereocenters. The molecule has 4 nitrogen and oxygen atoms in total. The normalized spacial score (nSPS) is 12.3. The molecule has 0 aliphatic carbocycles. The number of aromatic nitrogens is 3.